The summed E-state index contributed by atoms with van der Waals surface area (Å²) in [6.07, 6.45) is 7.53. The molecule has 0 spiro atoms. The number of nitrogens with zero attached hydrogens (tertiary/aromatic N) is 2. The molecule has 20 heavy (non-hydrogen) atoms. The predicted molar refractivity (Wildman–Crippen MR) is 71.6 cm³/mol. The highest BCUT2D eigenvalue weighted by Crippen LogP contribution is 2.35. The Morgan fingerprint density at radius 3 is 2.95 bits per heavy atom. The lowest BCUT2D eigenvalue weighted by molar-refractivity contribution is 0.0151. The van der Waals surface area contributed by atoms with Gasteiger partial charge in [-0.25, -0.2) is 9.37 Å². The van der Waals surface area contributed by atoms with E-state index >= 15 is 0 Å². The summed E-state index contributed by atoms with van der Waals surface area (Å²) < 4.78 is 19.7. The zero-order valence-corrected chi connectivity index (χ0v) is 10.9. The molecule has 1 aliphatic heterocycles. The van der Waals surface area contributed by atoms with Crippen molar-refractivity contribution in [2.45, 2.75) is 25.4 Å². The van der Waals surface area contributed by atoms with Crippen LogP contribution in [-0.2, 0) is 4.74 Å². The van der Waals surface area contributed by atoms with E-state index in [1.54, 1.807) is 18.5 Å². The van der Waals surface area contributed by atoms with Gasteiger partial charge in [0.1, 0.15) is 11.4 Å². The van der Waals surface area contributed by atoms with Gasteiger partial charge in [-0.2, -0.15) is 0 Å². The van der Waals surface area contributed by atoms with E-state index in [1.165, 1.54) is 6.20 Å². The molecular formula is C15H15FN2O2. The first kappa shape index (κ1) is 13.0. The Labute approximate surface area is 116 Å². The van der Waals surface area contributed by atoms with Gasteiger partial charge in [0.2, 0.25) is 0 Å². The Balaban J connectivity index is 2.04. The summed E-state index contributed by atoms with van der Waals surface area (Å²) >= 11 is 0. The third kappa shape index (κ3) is 2.49. The zero-order chi connectivity index (χ0) is 13.9. The summed E-state index contributed by atoms with van der Waals surface area (Å²) in [6, 6.07) is 2.80. The Morgan fingerprint density at radius 1 is 1.30 bits per heavy atom. The van der Waals surface area contributed by atoms with Crippen molar-refractivity contribution in [1.29, 1.82) is 0 Å². The van der Waals surface area contributed by atoms with Crippen LogP contribution in [0, 0.1) is 5.82 Å². The Bertz CT molecular complexity index is 613. The van der Waals surface area contributed by atoms with Crippen LogP contribution >= 0.6 is 0 Å². The van der Waals surface area contributed by atoms with Crippen LogP contribution in [0.1, 0.15) is 30.9 Å². The molecule has 0 bridgehead atoms. The lowest BCUT2D eigenvalue weighted by Crippen LogP contribution is -2.13. The second kappa shape index (κ2) is 5.54. The van der Waals surface area contributed by atoms with Gasteiger partial charge in [-0.05, 0) is 25.3 Å². The number of pyridine rings is 2. The quantitative estimate of drug-likeness (QED) is 0.913. The fraction of sp³-hybridized carbons (Fsp3) is 0.333. The molecule has 5 heteroatoms. The molecule has 1 aliphatic rings. The van der Waals surface area contributed by atoms with Gasteiger partial charge in [-0.3, -0.25) is 4.98 Å². The number of hydrogen-bond donors (Lipinski definition) is 1. The molecule has 2 aromatic heterocycles. The van der Waals surface area contributed by atoms with Gasteiger partial charge >= 0.3 is 0 Å². The van der Waals surface area contributed by atoms with E-state index in [-0.39, 0.29) is 17.5 Å². The summed E-state index contributed by atoms with van der Waals surface area (Å²) in [4.78, 5) is 8.11. The maximum absolute atomic E-state index is 14.0. The first-order valence-corrected chi connectivity index (χ1v) is 6.66. The van der Waals surface area contributed by atoms with Crippen LogP contribution in [0.4, 0.5) is 4.39 Å². The number of hydrogen-bond acceptors (Lipinski definition) is 4. The molecule has 0 aliphatic carbocycles. The fourth-order valence-corrected chi connectivity index (χ4v) is 2.49. The maximum Gasteiger partial charge on any atom is 0.153 e. The van der Waals surface area contributed by atoms with Crippen LogP contribution < -0.4 is 0 Å². The molecule has 4 nitrogen and oxygen atoms in total. The van der Waals surface area contributed by atoms with Crippen LogP contribution in [0.25, 0.3) is 11.3 Å². The molecule has 2 aromatic rings. The first-order valence-electron chi connectivity index (χ1n) is 6.66. The fourth-order valence-electron chi connectivity index (χ4n) is 2.49. The maximum atomic E-state index is 14.0. The van der Waals surface area contributed by atoms with Gasteiger partial charge in [-0.15, -0.1) is 0 Å². The van der Waals surface area contributed by atoms with Crippen molar-refractivity contribution in [2.75, 3.05) is 6.61 Å². The van der Waals surface area contributed by atoms with E-state index in [9.17, 15) is 9.50 Å². The molecule has 0 aromatic carbocycles. The molecule has 1 saturated heterocycles. The second-order valence-electron chi connectivity index (χ2n) is 4.84. The first-order chi connectivity index (χ1) is 9.75. The predicted octanol–water partition coefficient (Wildman–Crippen LogP) is 3.23. The normalized spacial score (nSPS) is 18.9. The Hall–Kier alpha value is -2.01. The third-order valence-electron chi connectivity index (χ3n) is 3.46. The summed E-state index contributed by atoms with van der Waals surface area (Å²) in [6.45, 7) is 0.713. The minimum atomic E-state index is -0.548. The van der Waals surface area contributed by atoms with Gasteiger partial charge in [-0.1, -0.05) is 0 Å². The molecule has 1 unspecified atom stereocenters. The van der Waals surface area contributed by atoms with Gasteiger partial charge in [0.15, 0.2) is 5.82 Å². The van der Waals surface area contributed by atoms with E-state index in [1.807, 2.05) is 0 Å². The minimum absolute atomic E-state index is 0.0672. The molecule has 3 rings (SSSR count). The van der Waals surface area contributed by atoms with E-state index in [4.69, 9.17) is 4.74 Å². The Kier molecular flexibility index (Phi) is 3.60. The van der Waals surface area contributed by atoms with Crippen LogP contribution in [0.15, 0.2) is 30.7 Å². The average Bonchev–Trinajstić information content (AvgIpc) is 2.48. The van der Waals surface area contributed by atoms with Gasteiger partial charge in [0, 0.05) is 36.2 Å². The number of aromatic nitrogens is 2. The standard InChI is InChI=1S/C15H15FN2O2/c16-13-7-10(19)8-18-15(13)11-4-5-17-9-12(11)14-3-1-2-6-20-14/h4-5,7-9,14,19H,1-3,6H2. The molecule has 0 amide bonds. The smallest absolute Gasteiger partial charge is 0.153 e. The zero-order valence-electron chi connectivity index (χ0n) is 10.9. The highest BCUT2D eigenvalue weighted by atomic mass is 19.1. The van der Waals surface area contributed by atoms with Crippen molar-refractivity contribution in [1.82, 2.24) is 9.97 Å². The molecule has 1 atom stereocenters. The molecule has 1 fully saturated rings. The number of rotatable bonds is 2. The highest BCUT2D eigenvalue weighted by molar-refractivity contribution is 5.64. The lowest BCUT2D eigenvalue weighted by Gasteiger charge is -2.24. The number of halogens is 1. The van der Waals surface area contributed by atoms with Crippen LogP contribution in [0.2, 0.25) is 0 Å². The molecule has 0 radical (unpaired) electrons. The van der Waals surface area contributed by atoms with E-state index in [0.717, 1.165) is 30.9 Å². The van der Waals surface area contributed by atoms with Crippen molar-refractivity contribution < 1.29 is 14.2 Å². The van der Waals surface area contributed by atoms with Crippen molar-refractivity contribution >= 4 is 0 Å². The van der Waals surface area contributed by atoms with Crippen molar-refractivity contribution in [3.05, 3.63) is 42.1 Å². The minimum Gasteiger partial charge on any atom is -0.506 e. The van der Waals surface area contributed by atoms with Gasteiger partial charge in [0.05, 0.1) is 12.3 Å². The number of aromatic hydroxyl groups is 1. The van der Waals surface area contributed by atoms with Gasteiger partial charge < -0.3 is 9.84 Å². The van der Waals surface area contributed by atoms with Crippen LogP contribution in [0.3, 0.4) is 0 Å². The molecule has 0 saturated carbocycles. The second-order valence-corrected chi connectivity index (χ2v) is 4.84. The summed E-state index contributed by atoms with van der Waals surface area (Å²) in [5.41, 5.74) is 1.74. The molecule has 3 heterocycles. The van der Waals surface area contributed by atoms with Crippen molar-refractivity contribution in [3.8, 4) is 17.0 Å². The molecule has 104 valence electrons. The molecule has 1 N–H and O–H groups in total. The summed E-state index contributed by atoms with van der Waals surface area (Å²) in [5, 5.41) is 9.26. The van der Waals surface area contributed by atoms with Crippen molar-refractivity contribution in [3.63, 3.8) is 0 Å². The van der Waals surface area contributed by atoms with Gasteiger partial charge in [0.25, 0.3) is 0 Å². The van der Waals surface area contributed by atoms with E-state index in [0.29, 0.717) is 12.2 Å². The molecular weight excluding hydrogens is 259 g/mol. The summed E-state index contributed by atoms with van der Waals surface area (Å²) in [5.74, 6) is -0.732. The monoisotopic (exact) mass is 274 g/mol. The van der Waals surface area contributed by atoms with E-state index in [2.05, 4.69) is 9.97 Å². The SMILES string of the molecule is Oc1cnc(-c2ccncc2C2CCCCO2)c(F)c1. The van der Waals surface area contributed by atoms with Crippen LogP contribution in [0.5, 0.6) is 5.75 Å². The lowest BCUT2D eigenvalue weighted by atomic mass is 9.96. The van der Waals surface area contributed by atoms with Crippen molar-refractivity contribution in [2.24, 2.45) is 0 Å². The number of ether oxygens (including phenoxy) is 1. The van der Waals surface area contributed by atoms with E-state index < -0.39 is 5.82 Å². The largest absolute Gasteiger partial charge is 0.506 e. The average molecular weight is 274 g/mol. The highest BCUT2D eigenvalue weighted by Gasteiger charge is 2.22. The topological polar surface area (TPSA) is 55.2 Å². The summed E-state index contributed by atoms with van der Waals surface area (Å²) in [7, 11) is 0. The third-order valence-corrected chi connectivity index (χ3v) is 3.46. The Morgan fingerprint density at radius 2 is 2.20 bits per heavy atom. The van der Waals surface area contributed by atoms with Crippen LogP contribution in [-0.4, -0.2) is 21.7 Å².